The van der Waals surface area contributed by atoms with Crippen molar-refractivity contribution in [3.05, 3.63) is 65.4 Å². The average Bonchev–Trinajstić information content (AvgIpc) is 3.16. The SMILES string of the molecule is COc1ccc(CC(=O)OCc2cc(-c3ccc(C)cc3)on2)cc1OC. The van der Waals surface area contributed by atoms with Gasteiger partial charge in [-0.1, -0.05) is 41.1 Å². The van der Waals surface area contributed by atoms with E-state index < -0.39 is 0 Å². The molecule has 0 saturated heterocycles. The molecule has 140 valence electrons. The van der Waals surface area contributed by atoms with Gasteiger partial charge >= 0.3 is 5.97 Å². The normalized spacial score (nSPS) is 10.5. The van der Waals surface area contributed by atoms with Crippen molar-refractivity contribution in [2.75, 3.05) is 14.2 Å². The van der Waals surface area contributed by atoms with Crippen LogP contribution in [0.15, 0.2) is 53.1 Å². The fourth-order valence-corrected chi connectivity index (χ4v) is 2.60. The van der Waals surface area contributed by atoms with Crippen molar-refractivity contribution < 1.29 is 23.5 Å². The van der Waals surface area contributed by atoms with Crippen molar-refractivity contribution in [2.45, 2.75) is 20.0 Å². The predicted octanol–water partition coefficient (Wildman–Crippen LogP) is 3.95. The van der Waals surface area contributed by atoms with E-state index in [0.29, 0.717) is 23.0 Å². The molecule has 0 aliphatic carbocycles. The molecular weight excluding hydrogens is 346 g/mol. The molecule has 0 saturated carbocycles. The first-order chi connectivity index (χ1) is 13.1. The van der Waals surface area contributed by atoms with Crippen molar-refractivity contribution in [1.82, 2.24) is 5.16 Å². The van der Waals surface area contributed by atoms with Gasteiger partial charge in [0.25, 0.3) is 0 Å². The van der Waals surface area contributed by atoms with Gasteiger partial charge in [-0.25, -0.2) is 0 Å². The van der Waals surface area contributed by atoms with Crippen LogP contribution in [-0.4, -0.2) is 25.3 Å². The van der Waals surface area contributed by atoms with Gasteiger partial charge in [0.05, 0.1) is 20.6 Å². The number of ether oxygens (including phenoxy) is 3. The third kappa shape index (κ3) is 4.67. The lowest BCUT2D eigenvalue weighted by Gasteiger charge is -2.09. The summed E-state index contributed by atoms with van der Waals surface area (Å²) in [5.41, 5.74) is 3.43. The van der Waals surface area contributed by atoms with Crippen LogP contribution in [0, 0.1) is 6.92 Å². The summed E-state index contributed by atoms with van der Waals surface area (Å²) in [6.07, 6.45) is 0.128. The van der Waals surface area contributed by atoms with Crippen LogP contribution in [0.3, 0.4) is 0 Å². The first-order valence-electron chi connectivity index (χ1n) is 8.48. The smallest absolute Gasteiger partial charge is 0.310 e. The molecule has 0 fully saturated rings. The largest absolute Gasteiger partial charge is 0.493 e. The third-order valence-electron chi connectivity index (χ3n) is 4.07. The first kappa shape index (κ1) is 18.5. The van der Waals surface area contributed by atoms with E-state index in [0.717, 1.165) is 11.1 Å². The molecule has 27 heavy (non-hydrogen) atoms. The Hall–Kier alpha value is -3.28. The number of hydrogen-bond donors (Lipinski definition) is 0. The first-order valence-corrected chi connectivity index (χ1v) is 8.48. The Morgan fingerprint density at radius 2 is 1.74 bits per heavy atom. The number of aromatic nitrogens is 1. The number of nitrogens with zero attached hydrogens (tertiary/aromatic N) is 1. The van der Waals surface area contributed by atoms with E-state index in [1.807, 2.05) is 31.2 Å². The summed E-state index contributed by atoms with van der Waals surface area (Å²) < 4.78 is 21.0. The van der Waals surface area contributed by atoms with E-state index in [1.165, 1.54) is 5.56 Å². The molecule has 0 atom stereocenters. The number of benzene rings is 2. The monoisotopic (exact) mass is 367 g/mol. The van der Waals surface area contributed by atoms with Crippen LogP contribution in [0.2, 0.25) is 0 Å². The van der Waals surface area contributed by atoms with Gasteiger partial charge in [-0.3, -0.25) is 4.79 Å². The van der Waals surface area contributed by atoms with Gasteiger partial charge < -0.3 is 18.7 Å². The van der Waals surface area contributed by atoms with Crippen molar-refractivity contribution in [1.29, 1.82) is 0 Å². The molecule has 1 aromatic heterocycles. The molecule has 0 amide bonds. The molecule has 0 spiro atoms. The fraction of sp³-hybridized carbons (Fsp3) is 0.238. The minimum atomic E-state index is -0.359. The number of rotatable bonds is 7. The Labute approximate surface area is 157 Å². The van der Waals surface area contributed by atoms with E-state index in [1.54, 1.807) is 38.5 Å². The van der Waals surface area contributed by atoms with Gasteiger partial charge in [-0.15, -0.1) is 0 Å². The second-order valence-corrected chi connectivity index (χ2v) is 6.08. The molecule has 0 radical (unpaired) electrons. The van der Waals surface area contributed by atoms with Crippen LogP contribution in [-0.2, 0) is 22.6 Å². The molecule has 3 rings (SSSR count). The topological polar surface area (TPSA) is 70.8 Å². The highest BCUT2D eigenvalue weighted by atomic mass is 16.5. The molecule has 6 nitrogen and oxygen atoms in total. The summed E-state index contributed by atoms with van der Waals surface area (Å²) in [6.45, 7) is 2.08. The Morgan fingerprint density at radius 1 is 1.00 bits per heavy atom. The highest BCUT2D eigenvalue weighted by Gasteiger charge is 2.12. The predicted molar refractivity (Wildman–Crippen MR) is 99.7 cm³/mol. The van der Waals surface area contributed by atoms with Crippen molar-refractivity contribution >= 4 is 5.97 Å². The summed E-state index contributed by atoms with van der Waals surface area (Å²) in [4.78, 5) is 12.1. The maximum atomic E-state index is 12.1. The number of hydrogen-bond acceptors (Lipinski definition) is 6. The second kappa shape index (κ2) is 8.40. The molecule has 0 bridgehead atoms. The maximum absolute atomic E-state index is 12.1. The molecular formula is C21H21NO5. The zero-order chi connectivity index (χ0) is 19.2. The van der Waals surface area contributed by atoms with E-state index in [-0.39, 0.29) is 19.0 Å². The summed E-state index contributed by atoms with van der Waals surface area (Å²) in [6, 6.07) is 15.0. The Balaban J connectivity index is 1.57. The van der Waals surface area contributed by atoms with E-state index >= 15 is 0 Å². The summed E-state index contributed by atoms with van der Waals surface area (Å²) in [5, 5.41) is 3.96. The van der Waals surface area contributed by atoms with Crippen molar-refractivity contribution in [3.8, 4) is 22.8 Å². The highest BCUT2D eigenvalue weighted by Crippen LogP contribution is 2.28. The minimum absolute atomic E-state index is 0.0570. The van der Waals surface area contributed by atoms with Crippen LogP contribution >= 0.6 is 0 Å². The summed E-state index contributed by atoms with van der Waals surface area (Å²) in [5.74, 6) is 1.46. The van der Waals surface area contributed by atoms with E-state index in [4.69, 9.17) is 18.7 Å². The zero-order valence-corrected chi connectivity index (χ0v) is 15.5. The highest BCUT2D eigenvalue weighted by molar-refractivity contribution is 5.73. The fourth-order valence-electron chi connectivity index (χ4n) is 2.60. The lowest BCUT2D eigenvalue weighted by molar-refractivity contribution is -0.144. The van der Waals surface area contributed by atoms with Crippen LogP contribution in [0.5, 0.6) is 11.5 Å². The zero-order valence-electron chi connectivity index (χ0n) is 15.5. The third-order valence-corrected chi connectivity index (χ3v) is 4.07. The molecule has 0 aliphatic heterocycles. The summed E-state index contributed by atoms with van der Waals surface area (Å²) >= 11 is 0. The van der Waals surface area contributed by atoms with Crippen LogP contribution in [0.25, 0.3) is 11.3 Å². The number of carbonyl (C=O) groups excluding carboxylic acids is 1. The maximum Gasteiger partial charge on any atom is 0.310 e. The number of carbonyl (C=O) groups is 1. The van der Waals surface area contributed by atoms with Crippen LogP contribution in [0.1, 0.15) is 16.8 Å². The molecule has 3 aromatic rings. The van der Waals surface area contributed by atoms with Gasteiger partial charge in [0.1, 0.15) is 12.3 Å². The molecule has 0 unspecified atom stereocenters. The quantitative estimate of drug-likeness (QED) is 0.589. The van der Waals surface area contributed by atoms with Crippen LogP contribution < -0.4 is 9.47 Å². The van der Waals surface area contributed by atoms with Gasteiger partial charge in [0.15, 0.2) is 17.3 Å². The molecule has 0 aliphatic rings. The van der Waals surface area contributed by atoms with Gasteiger partial charge in [0, 0.05) is 11.6 Å². The van der Waals surface area contributed by atoms with Gasteiger partial charge in [0.2, 0.25) is 0 Å². The van der Waals surface area contributed by atoms with Crippen molar-refractivity contribution in [3.63, 3.8) is 0 Å². The number of aryl methyl sites for hydroxylation is 1. The van der Waals surface area contributed by atoms with Crippen LogP contribution in [0.4, 0.5) is 0 Å². The standard InChI is InChI=1S/C21H21NO5/c1-14-4-7-16(8-5-14)19-12-17(22-27-19)13-26-21(23)11-15-6-9-18(24-2)20(10-15)25-3/h4-10,12H,11,13H2,1-3H3. The molecule has 2 aromatic carbocycles. The molecule has 0 N–H and O–H groups in total. The molecule has 6 heteroatoms. The number of esters is 1. The Morgan fingerprint density at radius 3 is 2.44 bits per heavy atom. The van der Waals surface area contributed by atoms with Crippen molar-refractivity contribution in [2.24, 2.45) is 0 Å². The lowest BCUT2D eigenvalue weighted by atomic mass is 10.1. The molecule has 1 heterocycles. The van der Waals surface area contributed by atoms with E-state index in [9.17, 15) is 4.79 Å². The summed E-state index contributed by atoms with van der Waals surface area (Å²) in [7, 11) is 3.12. The van der Waals surface area contributed by atoms with E-state index in [2.05, 4.69) is 5.16 Å². The second-order valence-electron chi connectivity index (χ2n) is 6.08. The Kier molecular flexibility index (Phi) is 5.76. The minimum Gasteiger partial charge on any atom is -0.493 e. The number of methoxy groups -OCH3 is 2. The van der Waals surface area contributed by atoms with Gasteiger partial charge in [-0.05, 0) is 24.6 Å². The lowest BCUT2D eigenvalue weighted by Crippen LogP contribution is -2.08. The van der Waals surface area contributed by atoms with Gasteiger partial charge in [-0.2, -0.15) is 0 Å². The average molecular weight is 367 g/mol. The Bertz CT molecular complexity index is 915.